The zero-order valence-electron chi connectivity index (χ0n) is 15.3. The number of nitrogens with zero attached hydrogens (tertiary/aromatic N) is 1. The Kier molecular flexibility index (Phi) is 5.23. The topological polar surface area (TPSA) is 71.1 Å². The van der Waals surface area contributed by atoms with Crippen LogP contribution in [0, 0.1) is 5.82 Å². The molecule has 0 saturated carbocycles. The highest BCUT2D eigenvalue weighted by Crippen LogP contribution is 2.26. The van der Waals surface area contributed by atoms with Crippen LogP contribution in [0.15, 0.2) is 42.5 Å². The molecule has 0 spiro atoms. The van der Waals surface area contributed by atoms with Gasteiger partial charge < -0.3 is 10.6 Å². The molecule has 27 heavy (non-hydrogen) atoms. The zero-order valence-corrected chi connectivity index (χ0v) is 16.1. The third-order valence-electron chi connectivity index (χ3n) is 4.02. The molecule has 5 nitrogen and oxygen atoms in total. The number of aromatic nitrogens is 1. The molecular weight excluding hydrogens is 365 g/mol. The minimum atomic E-state index is -0.394. The standard InChI is InChI=1S/C20H20FN3O2S/c1-20(2,3)13-6-4-12(5-7-13)18(26)22-11-17(25)24-19-23-15-9-8-14(21)10-16(15)27-19/h4-10H,11H2,1-3H3,(H,22,26)(H,23,24,25). The SMILES string of the molecule is CC(C)(C)c1ccc(C(=O)NCC(=O)Nc2nc3ccc(F)cc3s2)cc1. The molecule has 0 aliphatic rings. The van der Waals surface area contributed by atoms with Gasteiger partial charge in [-0.1, -0.05) is 44.2 Å². The molecule has 0 atom stereocenters. The number of hydrogen-bond acceptors (Lipinski definition) is 4. The van der Waals surface area contributed by atoms with Gasteiger partial charge in [0.1, 0.15) is 5.82 Å². The Labute approximate surface area is 160 Å². The largest absolute Gasteiger partial charge is 0.343 e. The maximum Gasteiger partial charge on any atom is 0.251 e. The van der Waals surface area contributed by atoms with Gasteiger partial charge in [-0.3, -0.25) is 9.59 Å². The van der Waals surface area contributed by atoms with Crippen molar-refractivity contribution in [1.82, 2.24) is 10.3 Å². The molecule has 140 valence electrons. The van der Waals surface area contributed by atoms with Gasteiger partial charge in [-0.05, 0) is 41.3 Å². The molecule has 0 aliphatic heterocycles. The van der Waals surface area contributed by atoms with E-state index in [1.165, 1.54) is 23.5 Å². The zero-order chi connectivity index (χ0) is 19.6. The normalized spacial score (nSPS) is 11.4. The van der Waals surface area contributed by atoms with Crippen LogP contribution in [-0.2, 0) is 10.2 Å². The minimum absolute atomic E-state index is 0.00898. The summed E-state index contributed by atoms with van der Waals surface area (Å²) < 4.78 is 13.9. The fraction of sp³-hybridized carbons (Fsp3) is 0.250. The van der Waals surface area contributed by atoms with E-state index in [1.807, 2.05) is 12.1 Å². The molecule has 7 heteroatoms. The van der Waals surface area contributed by atoms with E-state index in [0.29, 0.717) is 20.9 Å². The molecule has 1 aromatic heterocycles. The highest BCUT2D eigenvalue weighted by Gasteiger charge is 2.15. The van der Waals surface area contributed by atoms with E-state index in [9.17, 15) is 14.0 Å². The van der Waals surface area contributed by atoms with Gasteiger partial charge in [0.2, 0.25) is 5.91 Å². The Balaban J connectivity index is 1.57. The summed E-state index contributed by atoms with van der Waals surface area (Å²) in [6.45, 7) is 6.12. The van der Waals surface area contributed by atoms with Gasteiger partial charge in [0.05, 0.1) is 16.8 Å². The van der Waals surface area contributed by atoms with Gasteiger partial charge in [-0.25, -0.2) is 9.37 Å². The van der Waals surface area contributed by atoms with E-state index < -0.39 is 5.91 Å². The van der Waals surface area contributed by atoms with Crippen molar-refractivity contribution in [2.75, 3.05) is 11.9 Å². The fourth-order valence-electron chi connectivity index (χ4n) is 2.50. The molecule has 0 unspecified atom stereocenters. The lowest BCUT2D eigenvalue weighted by atomic mass is 9.87. The van der Waals surface area contributed by atoms with Crippen LogP contribution in [0.1, 0.15) is 36.7 Å². The average Bonchev–Trinajstić information content (AvgIpc) is 3.00. The van der Waals surface area contributed by atoms with Crippen molar-refractivity contribution < 1.29 is 14.0 Å². The van der Waals surface area contributed by atoms with E-state index in [0.717, 1.165) is 5.56 Å². The van der Waals surface area contributed by atoms with Crippen LogP contribution in [0.2, 0.25) is 0 Å². The highest BCUT2D eigenvalue weighted by atomic mass is 32.1. The molecule has 2 amide bonds. The van der Waals surface area contributed by atoms with E-state index in [4.69, 9.17) is 0 Å². The maximum atomic E-state index is 13.2. The molecular formula is C20H20FN3O2S. The smallest absolute Gasteiger partial charge is 0.251 e. The van der Waals surface area contributed by atoms with Crippen molar-refractivity contribution in [2.24, 2.45) is 0 Å². The molecule has 3 aromatic rings. The van der Waals surface area contributed by atoms with Crippen molar-refractivity contribution in [2.45, 2.75) is 26.2 Å². The van der Waals surface area contributed by atoms with E-state index in [-0.39, 0.29) is 23.7 Å². The monoisotopic (exact) mass is 385 g/mol. The maximum absolute atomic E-state index is 13.2. The molecule has 0 aliphatic carbocycles. The van der Waals surface area contributed by atoms with Crippen molar-refractivity contribution in [1.29, 1.82) is 0 Å². The Hall–Kier alpha value is -2.80. The third-order valence-corrected chi connectivity index (χ3v) is 4.95. The molecule has 0 saturated heterocycles. The number of thiazole rings is 1. The molecule has 1 heterocycles. The van der Waals surface area contributed by atoms with Gasteiger partial charge in [-0.2, -0.15) is 0 Å². The number of anilines is 1. The summed E-state index contributed by atoms with van der Waals surface area (Å²) in [6, 6.07) is 11.6. The second-order valence-corrected chi connectivity index (χ2v) is 8.22. The molecule has 3 rings (SSSR count). The molecule has 0 radical (unpaired) electrons. The number of halogens is 1. The predicted molar refractivity (Wildman–Crippen MR) is 106 cm³/mol. The molecule has 0 fully saturated rings. The number of nitrogens with one attached hydrogen (secondary N) is 2. The van der Waals surface area contributed by atoms with E-state index in [1.54, 1.807) is 18.2 Å². The molecule has 2 aromatic carbocycles. The quantitative estimate of drug-likeness (QED) is 0.710. The summed E-state index contributed by atoms with van der Waals surface area (Å²) in [4.78, 5) is 28.5. The van der Waals surface area contributed by atoms with E-state index >= 15 is 0 Å². The third kappa shape index (κ3) is 4.68. The summed E-state index contributed by atoms with van der Waals surface area (Å²) in [7, 11) is 0. The summed E-state index contributed by atoms with van der Waals surface area (Å²) in [5, 5.41) is 5.57. The fourth-order valence-corrected chi connectivity index (χ4v) is 3.41. The molecule has 2 N–H and O–H groups in total. The van der Waals surface area contributed by atoms with Crippen LogP contribution >= 0.6 is 11.3 Å². The second kappa shape index (κ2) is 7.44. The lowest BCUT2D eigenvalue weighted by Crippen LogP contribution is -2.32. The second-order valence-electron chi connectivity index (χ2n) is 7.19. The van der Waals surface area contributed by atoms with Gasteiger partial charge >= 0.3 is 0 Å². The Morgan fingerprint density at radius 3 is 2.48 bits per heavy atom. The summed E-state index contributed by atoms with van der Waals surface area (Å²) in [5.41, 5.74) is 2.24. The predicted octanol–water partition coefficient (Wildman–Crippen LogP) is 4.10. The summed E-state index contributed by atoms with van der Waals surface area (Å²) >= 11 is 1.18. The first-order valence-corrected chi connectivity index (χ1v) is 9.29. The van der Waals surface area contributed by atoms with Gasteiger partial charge in [0.15, 0.2) is 5.13 Å². The van der Waals surface area contributed by atoms with Crippen LogP contribution in [-0.4, -0.2) is 23.3 Å². The number of rotatable bonds is 4. The number of hydrogen-bond donors (Lipinski definition) is 2. The first kappa shape index (κ1) is 19.0. The first-order valence-electron chi connectivity index (χ1n) is 8.47. The van der Waals surface area contributed by atoms with Crippen molar-refractivity contribution in [3.8, 4) is 0 Å². The van der Waals surface area contributed by atoms with Gasteiger partial charge in [-0.15, -0.1) is 0 Å². The van der Waals surface area contributed by atoms with Crippen LogP contribution < -0.4 is 10.6 Å². The van der Waals surface area contributed by atoms with Crippen LogP contribution in [0.3, 0.4) is 0 Å². The number of fused-ring (bicyclic) bond motifs is 1. The lowest BCUT2D eigenvalue weighted by Gasteiger charge is -2.19. The van der Waals surface area contributed by atoms with Gasteiger partial charge in [0, 0.05) is 5.56 Å². The first-order chi connectivity index (χ1) is 12.7. The minimum Gasteiger partial charge on any atom is -0.343 e. The van der Waals surface area contributed by atoms with Crippen LogP contribution in [0.4, 0.5) is 9.52 Å². The van der Waals surface area contributed by atoms with Crippen LogP contribution in [0.5, 0.6) is 0 Å². The van der Waals surface area contributed by atoms with Crippen molar-refractivity contribution in [3.05, 3.63) is 59.4 Å². The molecule has 0 bridgehead atoms. The number of amides is 2. The Morgan fingerprint density at radius 2 is 1.81 bits per heavy atom. The highest BCUT2D eigenvalue weighted by molar-refractivity contribution is 7.22. The summed E-state index contributed by atoms with van der Waals surface area (Å²) in [6.07, 6.45) is 0. The lowest BCUT2D eigenvalue weighted by molar-refractivity contribution is -0.115. The van der Waals surface area contributed by atoms with Gasteiger partial charge in [0.25, 0.3) is 5.91 Å². The van der Waals surface area contributed by atoms with E-state index in [2.05, 4.69) is 36.4 Å². The van der Waals surface area contributed by atoms with Crippen molar-refractivity contribution >= 4 is 38.5 Å². The number of carbonyl (C=O) groups is 2. The van der Waals surface area contributed by atoms with Crippen molar-refractivity contribution in [3.63, 3.8) is 0 Å². The van der Waals surface area contributed by atoms with Crippen LogP contribution in [0.25, 0.3) is 10.2 Å². The average molecular weight is 385 g/mol. The number of carbonyl (C=O) groups excluding carboxylic acids is 2. The number of benzene rings is 2. The summed E-state index contributed by atoms with van der Waals surface area (Å²) in [5.74, 6) is -1.07. The Morgan fingerprint density at radius 1 is 1.11 bits per heavy atom. The Bertz CT molecular complexity index is 991.